The topological polar surface area (TPSA) is 68.1 Å². The van der Waals surface area contributed by atoms with Crippen LogP contribution >= 0.6 is 0 Å². The van der Waals surface area contributed by atoms with Crippen LogP contribution in [0.4, 0.5) is 5.69 Å². The Labute approximate surface area is 157 Å². The molecule has 27 heavy (non-hydrogen) atoms. The average molecular weight is 362 g/mol. The number of carbonyl (C=O) groups is 1. The first-order valence-corrected chi connectivity index (χ1v) is 9.08. The van der Waals surface area contributed by atoms with E-state index in [1.165, 1.54) is 4.90 Å². The Kier molecular flexibility index (Phi) is 4.06. The van der Waals surface area contributed by atoms with Crippen LogP contribution in [0.2, 0.25) is 0 Å². The Bertz CT molecular complexity index is 1090. The van der Waals surface area contributed by atoms with Crippen molar-refractivity contribution in [2.75, 3.05) is 11.9 Å². The maximum atomic E-state index is 12.9. The number of aryl methyl sites for hydroxylation is 1. The molecule has 0 spiro atoms. The van der Waals surface area contributed by atoms with E-state index in [2.05, 4.69) is 18.8 Å². The van der Waals surface area contributed by atoms with Crippen molar-refractivity contribution in [3.05, 3.63) is 64.5 Å². The van der Waals surface area contributed by atoms with Gasteiger partial charge in [-0.05, 0) is 42.2 Å². The number of fused-ring (bicyclic) bond motifs is 2. The van der Waals surface area contributed by atoms with E-state index in [9.17, 15) is 9.59 Å². The average Bonchev–Trinajstić information content (AvgIpc) is 2.67. The molecule has 0 radical (unpaired) electrons. The van der Waals surface area contributed by atoms with Crippen LogP contribution in [0, 0.1) is 5.41 Å². The first-order valence-electron chi connectivity index (χ1n) is 9.08. The second kappa shape index (κ2) is 6.30. The quantitative estimate of drug-likeness (QED) is 0.703. The molecular formula is C21H22N4O2. The van der Waals surface area contributed by atoms with Crippen molar-refractivity contribution in [2.45, 2.75) is 33.2 Å². The van der Waals surface area contributed by atoms with Gasteiger partial charge in [0.05, 0.1) is 10.9 Å². The lowest BCUT2D eigenvalue weighted by molar-refractivity contribution is 0.0988. The monoisotopic (exact) mass is 362 g/mol. The van der Waals surface area contributed by atoms with Crippen LogP contribution in [0.15, 0.2) is 47.4 Å². The van der Waals surface area contributed by atoms with Gasteiger partial charge in [-0.15, -0.1) is 0 Å². The fraction of sp³-hybridized carbons (Fsp3) is 0.333. The van der Waals surface area contributed by atoms with Crippen molar-refractivity contribution >= 4 is 22.5 Å². The molecule has 1 amide bonds. The molecule has 3 aromatic rings. The minimum Gasteiger partial charge on any atom is -0.310 e. The van der Waals surface area contributed by atoms with Crippen LogP contribution in [0.25, 0.3) is 10.9 Å². The highest BCUT2D eigenvalue weighted by Crippen LogP contribution is 2.30. The molecule has 0 fully saturated rings. The molecule has 0 bridgehead atoms. The van der Waals surface area contributed by atoms with Crippen LogP contribution in [-0.2, 0) is 13.0 Å². The molecular weight excluding hydrogens is 340 g/mol. The fourth-order valence-electron chi connectivity index (χ4n) is 3.55. The Balaban J connectivity index is 1.75. The van der Waals surface area contributed by atoms with Gasteiger partial charge in [-0.3, -0.25) is 19.1 Å². The van der Waals surface area contributed by atoms with Crippen LogP contribution in [-0.4, -0.2) is 27.5 Å². The molecule has 0 unspecified atom stereocenters. The summed E-state index contributed by atoms with van der Waals surface area (Å²) in [5.41, 5.74) is 1.78. The first-order chi connectivity index (χ1) is 12.9. The van der Waals surface area contributed by atoms with Crippen LogP contribution in [0.5, 0.6) is 0 Å². The maximum Gasteiger partial charge on any atom is 0.276 e. The number of rotatable bonds is 2. The Morgan fingerprint density at radius 3 is 2.78 bits per heavy atom. The minimum absolute atomic E-state index is 0.00645. The van der Waals surface area contributed by atoms with E-state index in [1.54, 1.807) is 54.2 Å². The van der Waals surface area contributed by atoms with E-state index in [0.29, 0.717) is 28.8 Å². The third kappa shape index (κ3) is 3.12. The van der Waals surface area contributed by atoms with Gasteiger partial charge in [0.15, 0.2) is 0 Å². The normalized spacial score (nSPS) is 15.4. The molecule has 0 saturated heterocycles. The lowest BCUT2D eigenvalue weighted by Crippen LogP contribution is -2.36. The zero-order valence-electron chi connectivity index (χ0n) is 15.8. The molecule has 6 nitrogen and oxygen atoms in total. The smallest absolute Gasteiger partial charge is 0.276 e. The third-order valence-electron chi connectivity index (χ3n) is 5.21. The summed E-state index contributed by atoms with van der Waals surface area (Å²) in [7, 11) is 1.70. The number of pyridine rings is 1. The molecule has 0 N–H and O–H groups in total. The van der Waals surface area contributed by atoms with Gasteiger partial charge in [-0.2, -0.15) is 0 Å². The maximum absolute atomic E-state index is 12.9. The Hall–Kier alpha value is -3.02. The van der Waals surface area contributed by atoms with Crippen LogP contribution in [0.3, 0.4) is 0 Å². The molecule has 138 valence electrons. The molecule has 1 aliphatic rings. The highest BCUT2D eigenvalue weighted by Gasteiger charge is 2.27. The third-order valence-corrected chi connectivity index (χ3v) is 5.21. The SMILES string of the molecule is CN(C(=O)c1ccccn1)c1ccc2c(=O)n3c(nc2c1)CCC(C)(C)C3. The number of aromatic nitrogens is 3. The first kappa shape index (κ1) is 17.4. The number of nitrogens with zero attached hydrogens (tertiary/aromatic N) is 4. The highest BCUT2D eigenvalue weighted by atomic mass is 16.2. The summed E-state index contributed by atoms with van der Waals surface area (Å²) in [5, 5.41) is 0.582. The van der Waals surface area contributed by atoms with Crippen LogP contribution < -0.4 is 10.5 Å². The summed E-state index contributed by atoms with van der Waals surface area (Å²) in [4.78, 5) is 35.9. The van der Waals surface area contributed by atoms with Crippen molar-refractivity contribution in [3.8, 4) is 0 Å². The zero-order valence-corrected chi connectivity index (χ0v) is 15.8. The van der Waals surface area contributed by atoms with Crippen molar-refractivity contribution in [1.82, 2.24) is 14.5 Å². The van der Waals surface area contributed by atoms with Gasteiger partial charge in [0.2, 0.25) is 0 Å². The second-order valence-corrected chi connectivity index (χ2v) is 7.86. The molecule has 2 aromatic heterocycles. The molecule has 4 rings (SSSR count). The molecule has 3 heterocycles. The number of carbonyl (C=O) groups excluding carboxylic acids is 1. The molecule has 1 aliphatic heterocycles. The highest BCUT2D eigenvalue weighted by molar-refractivity contribution is 6.05. The van der Waals surface area contributed by atoms with Crippen molar-refractivity contribution in [2.24, 2.45) is 5.41 Å². The summed E-state index contributed by atoms with van der Waals surface area (Å²) in [6.07, 6.45) is 3.38. The molecule has 1 aromatic carbocycles. The zero-order chi connectivity index (χ0) is 19.2. The second-order valence-electron chi connectivity index (χ2n) is 7.86. The number of anilines is 1. The number of amides is 1. The van der Waals surface area contributed by atoms with Gasteiger partial charge in [0, 0.05) is 31.9 Å². The lowest BCUT2D eigenvalue weighted by atomic mass is 9.85. The van der Waals surface area contributed by atoms with E-state index in [-0.39, 0.29) is 16.9 Å². The van der Waals surface area contributed by atoms with E-state index < -0.39 is 0 Å². The summed E-state index contributed by atoms with van der Waals surface area (Å²) in [6.45, 7) is 5.03. The summed E-state index contributed by atoms with van der Waals surface area (Å²) in [5.74, 6) is 0.620. The van der Waals surface area contributed by atoms with Gasteiger partial charge in [-0.1, -0.05) is 19.9 Å². The number of hydrogen-bond donors (Lipinski definition) is 0. The van der Waals surface area contributed by atoms with E-state index in [1.807, 2.05) is 0 Å². The van der Waals surface area contributed by atoms with Crippen LogP contribution in [0.1, 0.15) is 36.6 Å². The predicted octanol–water partition coefficient (Wildman–Crippen LogP) is 3.04. The van der Waals surface area contributed by atoms with Crippen molar-refractivity contribution in [3.63, 3.8) is 0 Å². The van der Waals surface area contributed by atoms with Gasteiger partial charge in [0.25, 0.3) is 11.5 Å². The molecule has 6 heteroatoms. The van der Waals surface area contributed by atoms with Crippen molar-refractivity contribution < 1.29 is 4.79 Å². The Morgan fingerprint density at radius 2 is 2.04 bits per heavy atom. The van der Waals surface area contributed by atoms with E-state index in [0.717, 1.165) is 18.7 Å². The molecule has 0 saturated carbocycles. The van der Waals surface area contributed by atoms with Crippen molar-refractivity contribution in [1.29, 1.82) is 0 Å². The van der Waals surface area contributed by atoms with Gasteiger partial charge >= 0.3 is 0 Å². The van der Waals surface area contributed by atoms with Gasteiger partial charge in [0.1, 0.15) is 11.5 Å². The minimum atomic E-state index is -0.202. The summed E-state index contributed by atoms with van der Waals surface area (Å²) < 4.78 is 1.80. The predicted molar refractivity (Wildman–Crippen MR) is 105 cm³/mol. The number of benzene rings is 1. The summed E-state index contributed by atoms with van der Waals surface area (Å²) >= 11 is 0. The molecule has 0 aliphatic carbocycles. The summed E-state index contributed by atoms with van der Waals surface area (Å²) in [6, 6.07) is 10.6. The van der Waals surface area contributed by atoms with E-state index >= 15 is 0 Å². The standard InChI is InChI=1S/C21H22N4O2/c1-21(2)10-9-18-23-17-12-14(7-8-15(17)19(26)25(18)13-21)24(3)20(27)16-6-4-5-11-22-16/h4-8,11-12H,9-10,13H2,1-3H3. The molecule has 0 atom stereocenters. The van der Waals surface area contributed by atoms with Gasteiger partial charge in [-0.25, -0.2) is 4.98 Å². The number of hydrogen-bond acceptors (Lipinski definition) is 4. The largest absolute Gasteiger partial charge is 0.310 e. The fourth-order valence-corrected chi connectivity index (χ4v) is 3.55. The Morgan fingerprint density at radius 1 is 1.22 bits per heavy atom. The lowest BCUT2D eigenvalue weighted by Gasteiger charge is -2.32. The van der Waals surface area contributed by atoms with Gasteiger partial charge < -0.3 is 4.90 Å². The van der Waals surface area contributed by atoms with E-state index in [4.69, 9.17) is 4.98 Å².